The summed E-state index contributed by atoms with van der Waals surface area (Å²) in [5.74, 6) is -0.451. The van der Waals surface area contributed by atoms with E-state index in [1.807, 2.05) is 13.8 Å². The summed E-state index contributed by atoms with van der Waals surface area (Å²) in [6, 6.07) is 4.86. The van der Waals surface area contributed by atoms with Crippen molar-refractivity contribution < 1.29 is 9.50 Å². The van der Waals surface area contributed by atoms with Gasteiger partial charge in [0.05, 0.1) is 23.3 Å². The van der Waals surface area contributed by atoms with E-state index in [1.54, 1.807) is 18.3 Å². The summed E-state index contributed by atoms with van der Waals surface area (Å²) < 4.78 is 14.3. The minimum Gasteiger partial charge on any atom is -0.398 e. The number of fused-ring (bicyclic) bond motifs is 1. The maximum Gasteiger partial charge on any atom is 0.150 e. The second kappa shape index (κ2) is 5.63. The average molecular weight is 277 g/mol. The molecule has 0 aliphatic rings. The van der Waals surface area contributed by atoms with Gasteiger partial charge in [-0.1, -0.05) is 13.8 Å². The normalized spacial score (nSPS) is 11.8. The number of nitrogens with two attached hydrogens (primary N) is 1. The van der Waals surface area contributed by atoms with Crippen molar-refractivity contribution in [3.05, 3.63) is 30.2 Å². The SMILES string of the molecule is CCC(CC)(CO)Nc1c(F)cc(N)c2cccnc12. The molecule has 0 fully saturated rings. The zero-order valence-electron chi connectivity index (χ0n) is 11.8. The molecular formula is C15H20FN3O. The fraction of sp³-hybridized carbons (Fsp3) is 0.400. The minimum absolute atomic E-state index is 0.0713. The van der Waals surface area contributed by atoms with Gasteiger partial charge in [-0.25, -0.2) is 4.39 Å². The molecule has 0 saturated carbocycles. The van der Waals surface area contributed by atoms with Crippen molar-refractivity contribution in [1.82, 2.24) is 4.98 Å². The summed E-state index contributed by atoms with van der Waals surface area (Å²) in [6.07, 6.45) is 2.96. The highest BCUT2D eigenvalue weighted by atomic mass is 19.1. The Balaban J connectivity index is 2.59. The van der Waals surface area contributed by atoms with E-state index >= 15 is 0 Å². The summed E-state index contributed by atoms with van der Waals surface area (Å²) in [5, 5.41) is 13.5. The molecule has 2 rings (SSSR count). The van der Waals surface area contributed by atoms with Crippen LogP contribution in [-0.2, 0) is 0 Å². The van der Waals surface area contributed by atoms with Crippen LogP contribution in [0.15, 0.2) is 24.4 Å². The topological polar surface area (TPSA) is 71.2 Å². The lowest BCUT2D eigenvalue weighted by molar-refractivity contribution is 0.202. The molecule has 0 amide bonds. The van der Waals surface area contributed by atoms with Crippen molar-refractivity contribution >= 4 is 22.3 Å². The number of pyridine rings is 1. The third-order valence-electron chi connectivity index (χ3n) is 3.92. The molecule has 0 radical (unpaired) electrons. The number of nitrogens with one attached hydrogen (secondary N) is 1. The number of benzene rings is 1. The Labute approximate surface area is 117 Å². The Kier molecular flexibility index (Phi) is 4.09. The van der Waals surface area contributed by atoms with Crippen molar-refractivity contribution in [2.75, 3.05) is 17.7 Å². The third kappa shape index (κ3) is 2.41. The minimum atomic E-state index is -0.554. The van der Waals surface area contributed by atoms with E-state index in [0.717, 1.165) is 0 Å². The smallest absolute Gasteiger partial charge is 0.150 e. The maximum absolute atomic E-state index is 14.3. The predicted octanol–water partition coefficient (Wildman–Crippen LogP) is 2.92. The van der Waals surface area contributed by atoms with Gasteiger partial charge in [0.15, 0.2) is 5.82 Å². The number of aliphatic hydroxyl groups excluding tert-OH is 1. The van der Waals surface area contributed by atoms with Crippen LogP contribution in [0.1, 0.15) is 26.7 Å². The van der Waals surface area contributed by atoms with Crippen LogP contribution in [0, 0.1) is 5.82 Å². The first-order valence-corrected chi connectivity index (χ1v) is 6.78. The molecule has 5 heteroatoms. The van der Waals surface area contributed by atoms with E-state index in [-0.39, 0.29) is 6.61 Å². The first-order chi connectivity index (χ1) is 9.56. The number of nitrogens with zero attached hydrogens (tertiary/aromatic N) is 1. The van der Waals surface area contributed by atoms with Gasteiger partial charge >= 0.3 is 0 Å². The van der Waals surface area contributed by atoms with Gasteiger partial charge in [-0.2, -0.15) is 0 Å². The summed E-state index contributed by atoms with van der Waals surface area (Å²) in [7, 11) is 0. The zero-order valence-corrected chi connectivity index (χ0v) is 11.8. The molecule has 0 bridgehead atoms. The maximum atomic E-state index is 14.3. The molecule has 0 unspecified atom stereocenters. The van der Waals surface area contributed by atoms with Crippen LogP contribution >= 0.6 is 0 Å². The van der Waals surface area contributed by atoms with Crippen molar-refractivity contribution in [2.24, 2.45) is 0 Å². The molecule has 0 aliphatic carbocycles. The highest BCUT2D eigenvalue weighted by Gasteiger charge is 2.27. The lowest BCUT2D eigenvalue weighted by Gasteiger charge is -2.32. The van der Waals surface area contributed by atoms with Crippen LogP contribution in [0.25, 0.3) is 10.9 Å². The Morgan fingerprint density at radius 1 is 1.40 bits per heavy atom. The number of halogens is 1. The number of hydrogen-bond donors (Lipinski definition) is 3. The molecule has 108 valence electrons. The quantitative estimate of drug-likeness (QED) is 0.735. The number of anilines is 2. The van der Waals surface area contributed by atoms with Gasteiger partial charge in [-0.3, -0.25) is 4.98 Å². The molecule has 4 nitrogen and oxygen atoms in total. The van der Waals surface area contributed by atoms with Gasteiger partial charge in [0.2, 0.25) is 0 Å². The molecule has 0 spiro atoms. The van der Waals surface area contributed by atoms with Crippen LogP contribution in [0.2, 0.25) is 0 Å². The predicted molar refractivity (Wildman–Crippen MR) is 80.1 cm³/mol. The van der Waals surface area contributed by atoms with Crippen LogP contribution in [-0.4, -0.2) is 22.2 Å². The van der Waals surface area contributed by atoms with Crippen molar-refractivity contribution in [3.8, 4) is 0 Å². The average Bonchev–Trinajstić information content (AvgIpc) is 2.48. The largest absolute Gasteiger partial charge is 0.398 e. The molecule has 20 heavy (non-hydrogen) atoms. The van der Waals surface area contributed by atoms with E-state index in [1.165, 1.54) is 6.07 Å². The molecule has 0 saturated heterocycles. The van der Waals surface area contributed by atoms with E-state index < -0.39 is 11.4 Å². The second-order valence-corrected chi connectivity index (χ2v) is 4.99. The first-order valence-electron chi connectivity index (χ1n) is 6.78. The van der Waals surface area contributed by atoms with Crippen LogP contribution in [0.3, 0.4) is 0 Å². The van der Waals surface area contributed by atoms with Crippen LogP contribution in [0.5, 0.6) is 0 Å². The molecule has 1 aromatic carbocycles. The molecule has 1 heterocycles. The highest BCUT2D eigenvalue weighted by molar-refractivity contribution is 5.98. The first kappa shape index (κ1) is 14.5. The summed E-state index contributed by atoms with van der Waals surface area (Å²) in [5.41, 5.74) is 6.42. The second-order valence-electron chi connectivity index (χ2n) is 4.99. The standard InChI is InChI=1S/C15H20FN3O/c1-3-15(4-2,9-20)19-14-11(16)8-12(17)10-6-5-7-18-13(10)14/h5-8,19-20H,3-4,9,17H2,1-2H3. The summed E-state index contributed by atoms with van der Waals surface area (Å²) >= 11 is 0. The number of aliphatic hydroxyl groups is 1. The molecule has 0 atom stereocenters. The van der Waals surface area contributed by atoms with Gasteiger partial charge in [0.1, 0.15) is 0 Å². The number of nitrogen functional groups attached to an aromatic ring is 1. The van der Waals surface area contributed by atoms with Gasteiger partial charge in [0.25, 0.3) is 0 Å². The monoisotopic (exact) mass is 277 g/mol. The van der Waals surface area contributed by atoms with Gasteiger partial charge in [-0.15, -0.1) is 0 Å². The van der Waals surface area contributed by atoms with Crippen molar-refractivity contribution in [3.63, 3.8) is 0 Å². The Morgan fingerprint density at radius 3 is 2.70 bits per heavy atom. The molecule has 0 aliphatic heterocycles. The Morgan fingerprint density at radius 2 is 2.10 bits per heavy atom. The Bertz CT molecular complexity index is 603. The van der Waals surface area contributed by atoms with E-state index in [4.69, 9.17) is 5.73 Å². The zero-order chi connectivity index (χ0) is 14.8. The van der Waals surface area contributed by atoms with Crippen LogP contribution in [0.4, 0.5) is 15.8 Å². The van der Waals surface area contributed by atoms with Crippen molar-refractivity contribution in [1.29, 1.82) is 0 Å². The molecule has 1 aromatic heterocycles. The van der Waals surface area contributed by atoms with Gasteiger partial charge in [-0.05, 0) is 31.0 Å². The van der Waals surface area contributed by atoms with Crippen LogP contribution < -0.4 is 11.1 Å². The van der Waals surface area contributed by atoms with E-state index in [9.17, 15) is 9.50 Å². The van der Waals surface area contributed by atoms with Gasteiger partial charge in [0, 0.05) is 17.3 Å². The number of hydrogen-bond acceptors (Lipinski definition) is 4. The lowest BCUT2D eigenvalue weighted by Crippen LogP contribution is -2.41. The fourth-order valence-corrected chi connectivity index (χ4v) is 2.31. The van der Waals surface area contributed by atoms with Gasteiger partial charge < -0.3 is 16.2 Å². The summed E-state index contributed by atoms with van der Waals surface area (Å²) in [6.45, 7) is 3.84. The molecule has 2 aromatic rings. The van der Waals surface area contributed by atoms with E-state index in [2.05, 4.69) is 10.3 Å². The lowest BCUT2D eigenvalue weighted by atomic mass is 9.93. The molecular weight excluding hydrogens is 257 g/mol. The van der Waals surface area contributed by atoms with Crippen molar-refractivity contribution in [2.45, 2.75) is 32.2 Å². The fourth-order valence-electron chi connectivity index (χ4n) is 2.31. The Hall–Kier alpha value is -1.88. The summed E-state index contributed by atoms with van der Waals surface area (Å²) in [4.78, 5) is 4.23. The molecule has 4 N–H and O–H groups in total. The highest BCUT2D eigenvalue weighted by Crippen LogP contribution is 2.33. The number of aromatic nitrogens is 1. The third-order valence-corrected chi connectivity index (χ3v) is 3.92. The van der Waals surface area contributed by atoms with E-state index in [0.29, 0.717) is 35.1 Å². The number of rotatable bonds is 5.